The third kappa shape index (κ3) is 3.27. The van der Waals surface area contributed by atoms with Crippen LogP contribution >= 0.6 is 15.9 Å². The van der Waals surface area contributed by atoms with E-state index in [0.29, 0.717) is 6.54 Å². The zero-order valence-corrected chi connectivity index (χ0v) is 10.4. The maximum atomic E-state index is 13.3. The summed E-state index contributed by atoms with van der Waals surface area (Å²) in [5.74, 6) is -1.99. The van der Waals surface area contributed by atoms with Crippen molar-refractivity contribution in [2.75, 3.05) is 11.9 Å². The van der Waals surface area contributed by atoms with Crippen molar-refractivity contribution in [2.45, 2.75) is 13.3 Å². The van der Waals surface area contributed by atoms with Crippen molar-refractivity contribution in [2.24, 2.45) is 0 Å². The van der Waals surface area contributed by atoms with E-state index in [4.69, 9.17) is 0 Å². The van der Waals surface area contributed by atoms with E-state index in [1.165, 1.54) is 13.0 Å². The van der Waals surface area contributed by atoms with Crippen LogP contribution in [0.1, 0.15) is 22.3 Å². The molecular formula is C11H12BrF2NO. The molecular weight excluding hydrogens is 280 g/mol. The Morgan fingerprint density at radius 1 is 1.38 bits per heavy atom. The number of hydrogen-bond acceptors (Lipinski definition) is 1. The Hall–Kier alpha value is -0.970. The standard InChI is InChI=1S/C11H12BrF2NO/c1-7-5-8(10(14)6-9(7)13)11(16)15-4-2-3-12/h5-6H,2-4H2,1H3,(H,15,16). The van der Waals surface area contributed by atoms with Crippen molar-refractivity contribution in [1.82, 2.24) is 5.32 Å². The summed E-state index contributed by atoms with van der Waals surface area (Å²) in [7, 11) is 0. The fraction of sp³-hybridized carbons (Fsp3) is 0.364. The van der Waals surface area contributed by atoms with Crippen LogP contribution in [0.15, 0.2) is 12.1 Å². The van der Waals surface area contributed by atoms with Gasteiger partial charge in [-0.05, 0) is 25.0 Å². The summed E-state index contributed by atoms with van der Waals surface area (Å²) in [6.45, 7) is 1.95. The van der Waals surface area contributed by atoms with Crippen molar-refractivity contribution >= 4 is 21.8 Å². The average Bonchev–Trinajstić information content (AvgIpc) is 2.23. The molecule has 1 aromatic rings. The first-order valence-corrected chi connectivity index (χ1v) is 5.98. The number of carbonyl (C=O) groups excluding carboxylic acids is 1. The van der Waals surface area contributed by atoms with Gasteiger partial charge in [-0.15, -0.1) is 0 Å². The van der Waals surface area contributed by atoms with Gasteiger partial charge in [-0.25, -0.2) is 8.78 Å². The van der Waals surface area contributed by atoms with Crippen LogP contribution in [0.2, 0.25) is 0 Å². The van der Waals surface area contributed by atoms with Crippen molar-refractivity contribution in [3.8, 4) is 0 Å². The molecule has 0 aliphatic rings. The predicted molar refractivity (Wildman–Crippen MR) is 61.8 cm³/mol. The lowest BCUT2D eigenvalue weighted by atomic mass is 10.1. The molecule has 0 fully saturated rings. The molecule has 5 heteroatoms. The van der Waals surface area contributed by atoms with Crippen molar-refractivity contribution < 1.29 is 13.6 Å². The lowest BCUT2D eigenvalue weighted by Crippen LogP contribution is -2.25. The quantitative estimate of drug-likeness (QED) is 0.671. The number of alkyl halides is 1. The van der Waals surface area contributed by atoms with E-state index in [1.807, 2.05) is 0 Å². The summed E-state index contributed by atoms with van der Waals surface area (Å²) in [5.41, 5.74) is 0.139. The van der Waals surface area contributed by atoms with E-state index >= 15 is 0 Å². The van der Waals surface area contributed by atoms with Gasteiger partial charge in [0.2, 0.25) is 0 Å². The van der Waals surface area contributed by atoms with Crippen molar-refractivity contribution in [3.63, 3.8) is 0 Å². The molecule has 0 bridgehead atoms. The Balaban J connectivity index is 2.79. The molecule has 0 heterocycles. The molecule has 1 N–H and O–H groups in total. The number of amides is 1. The third-order valence-electron chi connectivity index (χ3n) is 2.09. The molecule has 0 unspecified atom stereocenters. The van der Waals surface area contributed by atoms with Crippen LogP contribution in [0.25, 0.3) is 0 Å². The van der Waals surface area contributed by atoms with Crippen LogP contribution in [0.3, 0.4) is 0 Å². The largest absolute Gasteiger partial charge is 0.352 e. The summed E-state index contributed by atoms with van der Waals surface area (Å²) >= 11 is 3.22. The molecule has 0 atom stereocenters. The molecule has 1 amide bonds. The second kappa shape index (κ2) is 5.94. The third-order valence-corrected chi connectivity index (χ3v) is 2.65. The smallest absolute Gasteiger partial charge is 0.254 e. The summed E-state index contributed by atoms with van der Waals surface area (Å²) in [6, 6.07) is 1.95. The van der Waals surface area contributed by atoms with E-state index in [2.05, 4.69) is 21.2 Å². The van der Waals surface area contributed by atoms with Crippen LogP contribution in [0.4, 0.5) is 8.78 Å². The van der Waals surface area contributed by atoms with Crippen molar-refractivity contribution in [1.29, 1.82) is 0 Å². The molecule has 2 nitrogen and oxygen atoms in total. The van der Waals surface area contributed by atoms with Gasteiger partial charge in [-0.1, -0.05) is 15.9 Å². The lowest BCUT2D eigenvalue weighted by molar-refractivity contribution is 0.0949. The van der Waals surface area contributed by atoms with Crippen LogP contribution < -0.4 is 5.32 Å². The monoisotopic (exact) mass is 291 g/mol. The molecule has 0 saturated heterocycles. The molecule has 0 aliphatic heterocycles. The maximum Gasteiger partial charge on any atom is 0.254 e. The van der Waals surface area contributed by atoms with Gasteiger partial charge in [0.05, 0.1) is 5.56 Å². The first-order valence-electron chi connectivity index (χ1n) is 4.86. The molecule has 88 valence electrons. The fourth-order valence-electron chi connectivity index (χ4n) is 1.20. The highest BCUT2D eigenvalue weighted by molar-refractivity contribution is 9.09. The highest BCUT2D eigenvalue weighted by Crippen LogP contribution is 2.13. The van der Waals surface area contributed by atoms with Crippen LogP contribution in [0.5, 0.6) is 0 Å². The SMILES string of the molecule is Cc1cc(C(=O)NCCCBr)c(F)cc1F. The van der Waals surface area contributed by atoms with Gasteiger partial charge in [0, 0.05) is 17.9 Å². The van der Waals surface area contributed by atoms with Gasteiger partial charge in [-0.3, -0.25) is 4.79 Å². The number of halogens is 3. The minimum absolute atomic E-state index is 0.117. The molecule has 16 heavy (non-hydrogen) atoms. The Kier molecular flexibility index (Phi) is 4.86. The Morgan fingerprint density at radius 3 is 2.69 bits per heavy atom. The Labute approximate surface area is 101 Å². The summed E-state index contributed by atoms with van der Waals surface area (Å²) < 4.78 is 26.2. The zero-order chi connectivity index (χ0) is 12.1. The van der Waals surface area contributed by atoms with Gasteiger partial charge in [0.15, 0.2) is 0 Å². The predicted octanol–water partition coefficient (Wildman–Crippen LogP) is 2.79. The topological polar surface area (TPSA) is 29.1 Å². The van der Waals surface area contributed by atoms with E-state index in [9.17, 15) is 13.6 Å². The van der Waals surface area contributed by atoms with Gasteiger partial charge < -0.3 is 5.32 Å². The second-order valence-electron chi connectivity index (χ2n) is 3.38. The number of carbonyl (C=O) groups is 1. The number of aryl methyl sites for hydroxylation is 1. The van der Waals surface area contributed by atoms with E-state index in [1.54, 1.807) is 0 Å². The Bertz CT molecular complexity index is 396. The molecule has 1 rings (SSSR count). The summed E-state index contributed by atoms with van der Waals surface area (Å²) in [6.07, 6.45) is 0.757. The van der Waals surface area contributed by atoms with Gasteiger partial charge in [0.1, 0.15) is 11.6 Å². The first kappa shape index (κ1) is 13.1. The minimum atomic E-state index is -0.834. The maximum absolute atomic E-state index is 13.3. The molecule has 1 aromatic carbocycles. The molecule has 0 radical (unpaired) electrons. The molecule has 0 aromatic heterocycles. The fourth-order valence-corrected chi connectivity index (χ4v) is 1.48. The average molecular weight is 292 g/mol. The summed E-state index contributed by atoms with van der Waals surface area (Å²) in [5, 5.41) is 3.32. The minimum Gasteiger partial charge on any atom is -0.352 e. The van der Waals surface area contributed by atoms with Crippen molar-refractivity contribution in [3.05, 3.63) is 34.9 Å². The second-order valence-corrected chi connectivity index (χ2v) is 4.17. The number of hydrogen-bond donors (Lipinski definition) is 1. The number of nitrogens with one attached hydrogen (secondary N) is 1. The first-order chi connectivity index (χ1) is 7.56. The summed E-state index contributed by atoms with van der Waals surface area (Å²) in [4.78, 5) is 11.5. The van der Waals surface area contributed by atoms with Gasteiger partial charge in [-0.2, -0.15) is 0 Å². The van der Waals surface area contributed by atoms with Gasteiger partial charge >= 0.3 is 0 Å². The van der Waals surface area contributed by atoms with Crippen LogP contribution in [-0.4, -0.2) is 17.8 Å². The van der Waals surface area contributed by atoms with Crippen LogP contribution in [-0.2, 0) is 0 Å². The molecule has 0 spiro atoms. The molecule has 0 saturated carbocycles. The lowest BCUT2D eigenvalue weighted by Gasteiger charge is -2.06. The van der Waals surface area contributed by atoms with E-state index in [0.717, 1.165) is 17.8 Å². The highest BCUT2D eigenvalue weighted by Gasteiger charge is 2.13. The number of rotatable bonds is 4. The van der Waals surface area contributed by atoms with E-state index < -0.39 is 17.5 Å². The van der Waals surface area contributed by atoms with Crippen LogP contribution in [0, 0.1) is 18.6 Å². The zero-order valence-electron chi connectivity index (χ0n) is 8.82. The van der Waals surface area contributed by atoms with E-state index in [-0.39, 0.29) is 11.1 Å². The molecule has 0 aliphatic carbocycles. The highest BCUT2D eigenvalue weighted by atomic mass is 79.9. The Morgan fingerprint density at radius 2 is 2.06 bits per heavy atom. The number of benzene rings is 1. The normalized spacial score (nSPS) is 10.2. The van der Waals surface area contributed by atoms with Gasteiger partial charge in [0.25, 0.3) is 5.91 Å².